The summed E-state index contributed by atoms with van der Waals surface area (Å²) in [6.45, 7) is 0. The Hall–Kier alpha value is -1.78. The maximum atomic E-state index is 10.6. The van der Waals surface area contributed by atoms with Gasteiger partial charge in [0.1, 0.15) is 0 Å². The summed E-state index contributed by atoms with van der Waals surface area (Å²) in [4.78, 5) is 16.8. The lowest BCUT2D eigenvalue weighted by Gasteiger charge is -1.95. The minimum atomic E-state index is -0.242. The maximum Gasteiger partial charge on any atom is 0.252 e. The van der Waals surface area contributed by atoms with E-state index in [1.807, 2.05) is 0 Å². The Labute approximate surface area is 62.4 Å². The van der Waals surface area contributed by atoms with Crippen molar-refractivity contribution in [3.05, 3.63) is 35.1 Å². The van der Waals surface area contributed by atoms with Gasteiger partial charge in [-0.1, -0.05) is 0 Å². The molecular weight excluding hydrogens is 146 g/mol. The van der Waals surface area contributed by atoms with Crippen LogP contribution in [0.5, 0.6) is 0 Å². The third-order valence-corrected chi connectivity index (χ3v) is 0.966. The van der Waals surface area contributed by atoms with Gasteiger partial charge in [0.15, 0.2) is 0 Å². The molecule has 0 aromatic carbocycles. The van der Waals surface area contributed by atoms with E-state index in [0.717, 1.165) is 6.26 Å². The van der Waals surface area contributed by atoms with Crippen LogP contribution in [0.1, 0.15) is 0 Å². The molecule has 0 aliphatic rings. The van der Waals surface area contributed by atoms with E-state index in [2.05, 4.69) is 15.3 Å². The van der Waals surface area contributed by atoms with Gasteiger partial charge in [0.2, 0.25) is 5.95 Å². The molecule has 1 aromatic heterocycles. The van der Waals surface area contributed by atoms with E-state index in [1.54, 1.807) is 0 Å². The number of aromatic amines is 1. The average Bonchev–Trinajstić information content (AvgIpc) is 2.01. The number of aromatic nitrogens is 2. The number of anilines is 1. The first-order valence-corrected chi connectivity index (χ1v) is 2.94. The van der Waals surface area contributed by atoms with Crippen molar-refractivity contribution in [2.24, 2.45) is 0 Å². The molecule has 5 heteroatoms. The highest BCUT2D eigenvalue weighted by molar-refractivity contribution is 5.26. The molecule has 1 aromatic rings. The van der Waals surface area contributed by atoms with Crippen molar-refractivity contribution >= 4 is 5.95 Å². The fourth-order valence-electron chi connectivity index (χ4n) is 0.560. The number of aliphatic hydroxyl groups is 1. The summed E-state index contributed by atoms with van der Waals surface area (Å²) in [5, 5.41) is 10.8. The maximum absolute atomic E-state index is 10.6. The van der Waals surface area contributed by atoms with Gasteiger partial charge in [-0.2, -0.15) is 0 Å². The second-order valence-electron chi connectivity index (χ2n) is 1.74. The molecule has 0 saturated carbocycles. The molecular formula is C6H7N3O2. The molecule has 5 nitrogen and oxygen atoms in total. The summed E-state index contributed by atoms with van der Waals surface area (Å²) >= 11 is 0. The van der Waals surface area contributed by atoms with Crippen LogP contribution in [-0.4, -0.2) is 15.1 Å². The van der Waals surface area contributed by atoms with Gasteiger partial charge in [-0.15, -0.1) is 0 Å². The van der Waals surface area contributed by atoms with Crippen molar-refractivity contribution < 1.29 is 5.11 Å². The number of hydrogen-bond acceptors (Lipinski definition) is 4. The van der Waals surface area contributed by atoms with Gasteiger partial charge in [0.05, 0.1) is 6.26 Å². The normalized spacial score (nSPS) is 10.2. The van der Waals surface area contributed by atoms with Crippen LogP contribution in [0.15, 0.2) is 29.5 Å². The topological polar surface area (TPSA) is 78.0 Å². The predicted octanol–water partition coefficient (Wildman–Crippen LogP) is 0.211. The molecule has 0 saturated heterocycles. The van der Waals surface area contributed by atoms with Gasteiger partial charge in [-0.25, -0.2) is 4.98 Å². The summed E-state index contributed by atoms with van der Waals surface area (Å²) in [7, 11) is 0. The fraction of sp³-hybridized carbons (Fsp3) is 0. The zero-order chi connectivity index (χ0) is 8.10. The van der Waals surface area contributed by atoms with Crippen LogP contribution in [0.4, 0.5) is 5.95 Å². The number of H-pyrrole nitrogens is 1. The Morgan fingerprint density at radius 1 is 1.73 bits per heavy atom. The molecule has 0 radical (unpaired) electrons. The third-order valence-electron chi connectivity index (χ3n) is 0.966. The van der Waals surface area contributed by atoms with Crippen molar-refractivity contribution in [1.82, 2.24) is 9.97 Å². The van der Waals surface area contributed by atoms with Crippen LogP contribution < -0.4 is 10.9 Å². The predicted molar refractivity (Wildman–Crippen MR) is 40.2 cm³/mol. The van der Waals surface area contributed by atoms with Crippen molar-refractivity contribution in [2.45, 2.75) is 0 Å². The Morgan fingerprint density at radius 2 is 2.55 bits per heavy atom. The van der Waals surface area contributed by atoms with E-state index in [1.165, 1.54) is 18.5 Å². The summed E-state index contributed by atoms with van der Waals surface area (Å²) in [6, 6.07) is 1.30. The SMILES string of the molecule is O=c1ccnc(NC=CO)[nH]1. The molecule has 3 N–H and O–H groups in total. The first-order valence-electron chi connectivity index (χ1n) is 2.94. The molecule has 0 unspecified atom stereocenters. The number of nitrogens with zero attached hydrogens (tertiary/aromatic N) is 1. The lowest BCUT2D eigenvalue weighted by molar-refractivity contribution is 0.473. The van der Waals surface area contributed by atoms with Crippen LogP contribution >= 0.6 is 0 Å². The van der Waals surface area contributed by atoms with Crippen LogP contribution in [-0.2, 0) is 0 Å². The second-order valence-corrected chi connectivity index (χ2v) is 1.74. The van der Waals surface area contributed by atoms with Gasteiger partial charge in [0, 0.05) is 18.5 Å². The largest absolute Gasteiger partial charge is 0.514 e. The minimum absolute atomic E-state index is 0.242. The summed E-state index contributed by atoms with van der Waals surface area (Å²) in [5.74, 6) is 0.294. The number of hydrogen-bond donors (Lipinski definition) is 3. The highest BCUT2D eigenvalue weighted by atomic mass is 16.2. The van der Waals surface area contributed by atoms with E-state index in [-0.39, 0.29) is 5.56 Å². The van der Waals surface area contributed by atoms with Crippen LogP contribution in [0, 0.1) is 0 Å². The Bertz CT molecular complexity index is 305. The smallest absolute Gasteiger partial charge is 0.252 e. The molecule has 0 amide bonds. The summed E-state index contributed by atoms with van der Waals surface area (Å²) in [6.07, 6.45) is 3.43. The molecule has 58 valence electrons. The highest BCUT2D eigenvalue weighted by Crippen LogP contribution is 1.88. The lowest BCUT2D eigenvalue weighted by atomic mass is 10.6. The minimum Gasteiger partial charge on any atom is -0.514 e. The van der Waals surface area contributed by atoms with Gasteiger partial charge < -0.3 is 10.4 Å². The van der Waals surface area contributed by atoms with Gasteiger partial charge in [-0.3, -0.25) is 9.78 Å². The van der Waals surface area contributed by atoms with E-state index in [0.29, 0.717) is 5.95 Å². The molecule has 0 aliphatic heterocycles. The van der Waals surface area contributed by atoms with Crippen LogP contribution in [0.25, 0.3) is 0 Å². The molecule has 0 spiro atoms. The van der Waals surface area contributed by atoms with E-state index in [9.17, 15) is 4.79 Å². The number of rotatable bonds is 2. The zero-order valence-corrected chi connectivity index (χ0v) is 5.61. The zero-order valence-electron chi connectivity index (χ0n) is 5.61. The van der Waals surface area contributed by atoms with Crippen molar-refractivity contribution in [2.75, 3.05) is 5.32 Å². The molecule has 1 heterocycles. The number of aliphatic hydroxyl groups excluding tert-OH is 1. The van der Waals surface area contributed by atoms with Crippen molar-refractivity contribution in [3.8, 4) is 0 Å². The van der Waals surface area contributed by atoms with Crippen LogP contribution in [0.2, 0.25) is 0 Å². The molecule has 0 aliphatic carbocycles. The molecule has 1 rings (SSSR count). The monoisotopic (exact) mass is 153 g/mol. The fourth-order valence-corrected chi connectivity index (χ4v) is 0.560. The molecule has 0 bridgehead atoms. The van der Waals surface area contributed by atoms with Gasteiger partial charge in [0.25, 0.3) is 5.56 Å². The number of nitrogens with one attached hydrogen (secondary N) is 2. The van der Waals surface area contributed by atoms with E-state index < -0.39 is 0 Å². The summed E-state index contributed by atoms with van der Waals surface area (Å²) in [5.41, 5.74) is -0.242. The van der Waals surface area contributed by atoms with Crippen molar-refractivity contribution in [3.63, 3.8) is 0 Å². The second kappa shape index (κ2) is 3.40. The average molecular weight is 153 g/mol. The standard InChI is InChI=1S/C6H7N3O2/c10-4-3-8-6-7-2-1-5(11)9-6/h1-4,10H,(H2,7,8,9,11). The first kappa shape index (κ1) is 7.33. The Kier molecular flexibility index (Phi) is 2.27. The Morgan fingerprint density at radius 3 is 3.18 bits per heavy atom. The first-order chi connectivity index (χ1) is 5.33. The van der Waals surface area contributed by atoms with E-state index >= 15 is 0 Å². The van der Waals surface area contributed by atoms with Crippen molar-refractivity contribution in [1.29, 1.82) is 0 Å². The van der Waals surface area contributed by atoms with Crippen LogP contribution in [0.3, 0.4) is 0 Å². The summed E-state index contributed by atoms with van der Waals surface area (Å²) < 4.78 is 0. The van der Waals surface area contributed by atoms with Gasteiger partial charge in [-0.05, 0) is 0 Å². The quantitative estimate of drug-likeness (QED) is 0.531. The highest BCUT2D eigenvalue weighted by Gasteiger charge is 1.87. The molecule has 0 fully saturated rings. The Balaban J connectivity index is 2.79. The van der Waals surface area contributed by atoms with E-state index in [4.69, 9.17) is 5.11 Å². The van der Waals surface area contributed by atoms with Gasteiger partial charge >= 0.3 is 0 Å². The lowest BCUT2D eigenvalue weighted by Crippen LogP contribution is -2.07. The third kappa shape index (κ3) is 2.13. The molecule has 0 atom stereocenters. The molecule has 11 heavy (non-hydrogen) atoms.